The molecule has 28 heavy (non-hydrogen) atoms. The predicted molar refractivity (Wildman–Crippen MR) is 123 cm³/mol. The summed E-state index contributed by atoms with van der Waals surface area (Å²) in [6.45, 7) is 0. The van der Waals surface area contributed by atoms with Gasteiger partial charge in [-0.25, -0.2) is 9.02 Å². The van der Waals surface area contributed by atoms with Gasteiger partial charge in [-0.05, 0) is 44.4 Å². The molecule has 0 unspecified atom stereocenters. The van der Waals surface area contributed by atoms with Gasteiger partial charge in [0.25, 0.3) is 0 Å². The monoisotopic (exact) mass is 463 g/mol. The van der Waals surface area contributed by atoms with Crippen molar-refractivity contribution in [3.05, 3.63) is 34.2 Å². The van der Waals surface area contributed by atoms with Crippen LogP contribution in [0.5, 0.6) is 0 Å². The van der Waals surface area contributed by atoms with Gasteiger partial charge in [0, 0.05) is 24.6 Å². The molecule has 0 spiro atoms. The number of nitrogens with one attached hydrogen (secondary N) is 3. The molecule has 0 amide bonds. The Labute approximate surface area is 177 Å². The molecule has 0 saturated carbocycles. The fourth-order valence-corrected chi connectivity index (χ4v) is 6.26. The van der Waals surface area contributed by atoms with Gasteiger partial charge in [0.1, 0.15) is 5.82 Å². The summed E-state index contributed by atoms with van der Waals surface area (Å²) < 4.78 is 30.5. The van der Waals surface area contributed by atoms with E-state index in [1.165, 1.54) is 18.2 Å². The molecule has 1 saturated heterocycles. The molecule has 0 radical (unpaired) electrons. The summed E-state index contributed by atoms with van der Waals surface area (Å²) in [7, 11) is 7.99. The normalized spacial score (nSPS) is 23.1. The molecular formula is C14H19B4BrFN5O2S. The van der Waals surface area contributed by atoms with Crippen molar-refractivity contribution in [3.8, 4) is 0 Å². The van der Waals surface area contributed by atoms with Crippen molar-refractivity contribution in [2.24, 2.45) is 0 Å². The summed E-state index contributed by atoms with van der Waals surface area (Å²) in [5.41, 5.74) is 0.755. The molecule has 1 fully saturated rings. The minimum atomic E-state index is -0.964. The molecule has 1 aromatic heterocycles. The Morgan fingerprint density at radius 3 is 2.54 bits per heavy atom. The smallest absolute Gasteiger partial charge is 0.202 e. The lowest BCUT2D eigenvalue weighted by Gasteiger charge is -2.48. The molecule has 3 N–H and O–H groups in total. The van der Waals surface area contributed by atoms with Gasteiger partial charge in [-0.3, -0.25) is 5.41 Å². The van der Waals surface area contributed by atoms with Crippen molar-refractivity contribution in [1.29, 1.82) is 5.41 Å². The second-order valence-electron chi connectivity index (χ2n) is 8.13. The van der Waals surface area contributed by atoms with Crippen LogP contribution in [0.2, 0.25) is 0 Å². The number of anilines is 2. The van der Waals surface area contributed by atoms with E-state index in [9.17, 15) is 8.94 Å². The lowest BCUT2D eigenvalue weighted by molar-refractivity contribution is 0.307. The minimum Gasteiger partial charge on any atom is -0.618 e. The molecular weight excluding hydrogens is 444 g/mol. The van der Waals surface area contributed by atoms with Gasteiger partial charge in [0.05, 0.1) is 13.6 Å². The lowest BCUT2D eigenvalue weighted by atomic mass is 9.60. The minimum absolute atomic E-state index is 0.0149. The van der Waals surface area contributed by atoms with Gasteiger partial charge in [0.2, 0.25) is 5.82 Å². The summed E-state index contributed by atoms with van der Waals surface area (Å²) >= 11 is 2.16. The number of aromatic nitrogens is 2. The summed E-state index contributed by atoms with van der Waals surface area (Å²) in [4.78, 5) is 0. The second-order valence-corrected chi connectivity index (χ2v) is 11.7. The Hall–Kier alpha value is -1.39. The average Bonchev–Trinajstić information content (AvgIpc) is 3.03. The number of amidine groups is 1. The number of benzene rings is 1. The van der Waals surface area contributed by atoms with Crippen LogP contribution in [-0.4, -0.2) is 67.2 Å². The Morgan fingerprint density at radius 2 is 1.93 bits per heavy atom. The van der Waals surface area contributed by atoms with Crippen molar-refractivity contribution in [2.45, 2.75) is 28.0 Å². The van der Waals surface area contributed by atoms with Gasteiger partial charge < -0.3 is 15.2 Å². The number of nitrogens with zero attached hydrogens (tertiary/aromatic N) is 2. The molecule has 144 valence electrons. The van der Waals surface area contributed by atoms with E-state index < -0.39 is 11.2 Å². The molecule has 1 aliphatic rings. The van der Waals surface area contributed by atoms with Crippen LogP contribution in [0.1, 0.15) is 18.5 Å². The zero-order valence-electron chi connectivity index (χ0n) is 16.1. The van der Waals surface area contributed by atoms with Gasteiger partial charge in [0.15, 0.2) is 42.9 Å². The first-order chi connectivity index (χ1) is 13.0. The third-order valence-electron chi connectivity index (χ3n) is 4.73. The topological polar surface area (TPSA) is 110 Å². The quantitative estimate of drug-likeness (QED) is 0.222. The van der Waals surface area contributed by atoms with Crippen molar-refractivity contribution in [1.82, 2.24) is 10.3 Å². The average molecular weight is 464 g/mol. The maximum absolute atomic E-state index is 13.4. The van der Waals surface area contributed by atoms with Crippen LogP contribution in [0.4, 0.5) is 15.9 Å². The Kier molecular flexibility index (Phi) is 5.94. The highest BCUT2D eigenvalue weighted by Crippen LogP contribution is 2.36. The van der Waals surface area contributed by atoms with Crippen molar-refractivity contribution in [3.63, 3.8) is 0 Å². The van der Waals surface area contributed by atoms with Gasteiger partial charge in [-0.2, -0.15) is 0 Å². The number of hydrogen-bond acceptors (Lipinski definition) is 6. The predicted octanol–water partition coefficient (Wildman–Crippen LogP) is -1.43. The summed E-state index contributed by atoms with van der Waals surface area (Å²) in [5, 5.41) is 22.2. The van der Waals surface area contributed by atoms with Crippen LogP contribution in [0.3, 0.4) is 0 Å². The Morgan fingerprint density at radius 1 is 1.29 bits per heavy atom. The molecule has 0 atom stereocenters. The van der Waals surface area contributed by atoms with E-state index in [0.717, 1.165) is 0 Å². The highest BCUT2D eigenvalue weighted by Gasteiger charge is 2.49. The number of hydrogen-bond donors (Lipinski definition) is 3. The van der Waals surface area contributed by atoms with Crippen LogP contribution >= 0.6 is 15.9 Å². The third kappa shape index (κ3) is 4.44. The first kappa shape index (κ1) is 21.3. The standard InChI is InChI=1S/C14H19B4BrFN5O2S/c15-13(16)4-7(5-14(17,18)28(13)26)23-12-10(24-27-25-12)11(21)22-6-1-2-9(20)8(19)3-6/h1-3,7H,4-5,15-18H2,(H2,21,22)(H,23,25). The van der Waals surface area contributed by atoms with Crippen molar-refractivity contribution < 1.29 is 13.6 Å². The van der Waals surface area contributed by atoms with Crippen LogP contribution in [-0.2, 0) is 11.2 Å². The Balaban J connectivity index is 1.75. The van der Waals surface area contributed by atoms with E-state index in [0.29, 0.717) is 28.8 Å². The van der Waals surface area contributed by atoms with Gasteiger partial charge in [-0.1, -0.05) is 11.2 Å². The first-order valence-corrected chi connectivity index (χ1v) is 10.8. The maximum atomic E-state index is 13.4. The highest BCUT2D eigenvalue weighted by atomic mass is 79.9. The van der Waals surface area contributed by atoms with Crippen LogP contribution < -0.4 is 10.6 Å². The number of rotatable bonds is 4. The molecule has 7 nitrogen and oxygen atoms in total. The number of halogens is 2. The third-order valence-corrected chi connectivity index (χ3v) is 7.68. The van der Waals surface area contributed by atoms with Crippen molar-refractivity contribution in [2.75, 3.05) is 10.6 Å². The molecule has 2 aromatic rings. The van der Waals surface area contributed by atoms with Crippen LogP contribution in [0.25, 0.3) is 0 Å². The molecule has 2 heterocycles. The Bertz CT molecular complexity index is 884. The van der Waals surface area contributed by atoms with E-state index >= 15 is 0 Å². The largest absolute Gasteiger partial charge is 0.618 e. The van der Waals surface area contributed by atoms with E-state index in [4.69, 9.17) is 10.0 Å². The SMILES string of the molecule is BC1(B)CC(Nc2nonc2C(=N)Nc2ccc(F)c(Br)c2)CC(B)(B)[S+]1[O-]. The summed E-state index contributed by atoms with van der Waals surface area (Å²) in [5.74, 6) is -0.0643. The van der Waals surface area contributed by atoms with E-state index in [1.807, 2.05) is 31.4 Å². The van der Waals surface area contributed by atoms with Crippen LogP contribution in [0.15, 0.2) is 27.3 Å². The second kappa shape index (κ2) is 7.79. The zero-order valence-corrected chi connectivity index (χ0v) is 18.5. The summed E-state index contributed by atoms with van der Waals surface area (Å²) in [6, 6.07) is 4.37. The van der Waals surface area contributed by atoms with Gasteiger partial charge in [-0.15, -0.1) is 0 Å². The highest BCUT2D eigenvalue weighted by molar-refractivity contribution is 9.10. The van der Waals surface area contributed by atoms with E-state index in [-0.39, 0.29) is 32.5 Å². The van der Waals surface area contributed by atoms with Crippen LogP contribution in [0, 0.1) is 11.2 Å². The lowest BCUT2D eigenvalue weighted by Crippen LogP contribution is -2.62. The molecule has 14 heteroatoms. The van der Waals surface area contributed by atoms with E-state index in [2.05, 4.69) is 36.9 Å². The van der Waals surface area contributed by atoms with E-state index in [1.54, 1.807) is 0 Å². The van der Waals surface area contributed by atoms with Crippen molar-refractivity contribution >= 4 is 75.8 Å². The molecule has 0 aliphatic carbocycles. The fraction of sp³-hybridized carbons (Fsp3) is 0.357. The first-order valence-electron chi connectivity index (χ1n) is 8.82. The molecule has 0 bridgehead atoms. The summed E-state index contributed by atoms with van der Waals surface area (Å²) in [6.07, 6.45) is 1.39. The maximum Gasteiger partial charge on any atom is 0.202 e. The molecule has 1 aliphatic heterocycles. The zero-order chi connectivity index (χ0) is 20.7. The molecule has 1 aromatic carbocycles. The van der Waals surface area contributed by atoms with Gasteiger partial charge >= 0.3 is 0 Å². The molecule has 3 rings (SSSR count). The fourth-order valence-electron chi connectivity index (χ4n) is 3.68.